The molecule has 0 unspecified atom stereocenters. The molecule has 0 fully saturated rings. The van der Waals surface area contributed by atoms with Crippen molar-refractivity contribution in [2.24, 2.45) is 0 Å². The molecule has 2 aromatic heterocycles. The lowest BCUT2D eigenvalue weighted by Gasteiger charge is -2.24. The summed E-state index contributed by atoms with van der Waals surface area (Å²) in [6, 6.07) is 34.9. The van der Waals surface area contributed by atoms with Gasteiger partial charge in [0.15, 0.2) is 5.82 Å². The fraction of sp³-hybridized carbons (Fsp3) is 0.0800. The zero-order valence-corrected chi connectivity index (χ0v) is 16.5. The number of anilines is 1. The van der Waals surface area contributed by atoms with Crippen molar-refractivity contribution in [3.8, 4) is 5.82 Å². The molecule has 0 aliphatic rings. The minimum Gasteiger partial charge on any atom is -0.348 e. The summed E-state index contributed by atoms with van der Waals surface area (Å²) >= 11 is 0. The smallest absolute Gasteiger partial charge is 0.158 e. The molecule has 30 heavy (non-hydrogen) atoms. The van der Waals surface area contributed by atoms with Gasteiger partial charge in [-0.05, 0) is 35.4 Å². The number of hydrogen-bond acceptors (Lipinski definition) is 4. The van der Waals surface area contributed by atoms with Crippen LogP contribution in [0.1, 0.15) is 11.1 Å². The molecule has 5 aromatic rings. The first-order valence-corrected chi connectivity index (χ1v) is 9.97. The zero-order chi connectivity index (χ0) is 20.2. The van der Waals surface area contributed by atoms with Crippen molar-refractivity contribution in [1.82, 2.24) is 20.0 Å². The molecule has 146 valence electrons. The Bertz CT molecular complexity index is 1210. The lowest BCUT2D eigenvalue weighted by atomic mass is 10.1. The van der Waals surface area contributed by atoms with Crippen LogP contribution in [-0.4, -0.2) is 20.0 Å². The van der Waals surface area contributed by atoms with Gasteiger partial charge in [-0.2, -0.15) is 4.68 Å². The molecule has 3 aromatic carbocycles. The van der Waals surface area contributed by atoms with Gasteiger partial charge in [0, 0.05) is 13.1 Å². The van der Waals surface area contributed by atoms with E-state index in [1.165, 1.54) is 11.1 Å². The van der Waals surface area contributed by atoms with Gasteiger partial charge in [-0.3, -0.25) is 0 Å². The van der Waals surface area contributed by atoms with Crippen molar-refractivity contribution < 1.29 is 0 Å². The Morgan fingerprint density at radius 1 is 0.633 bits per heavy atom. The molecule has 0 radical (unpaired) electrons. The van der Waals surface area contributed by atoms with Crippen LogP contribution < -0.4 is 4.90 Å². The highest BCUT2D eigenvalue weighted by Gasteiger charge is 2.13. The molecule has 5 heteroatoms. The molecule has 0 aliphatic heterocycles. The molecule has 0 bridgehead atoms. The summed E-state index contributed by atoms with van der Waals surface area (Å²) in [4.78, 5) is 7.23. The van der Waals surface area contributed by atoms with Crippen molar-refractivity contribution in [3.63, 3.8) is 0 Å². The van der Waals surface area contributed by atoms with Crippen molar-refractivity contribution in [2.45, 2.75) is 13.1 Å². The molecule has 0 spiro atoms. The third-order valence-corrected chi connectivity index (χ3v) is 5.05. The van der Waals surface area contributed by atoms with E-state index in [2.05, 4.69) is 69.8 Å². The van der Waals surface area contributed by atoms with Crippen molar-refractivity contribution in [1.29, 1.82) is 0 Å². The Morgan fingerprint density at radius 3 is 1.97 bits per heavy atom. The molecule has 0 amide bonds. The Labute approximate surface area is 175 Å². The van der Waals surface area contributed by atoms with Gasteiger partial charge in [0.2, 0.25) is 0 Å². The van der Waals surface area contributed by atoms with Crippen LogP contribution in [0.25, 0.3) is 16.9 Å². The second-order valence-corrected chi connectivity index (χ2v) is 7.17. The van der Waals surface area contributed by atoms with E-state index in [1.807, 2.05) is 48.5 Å². The highest BCUT2D eigenvalue weighted by atomic mass is 15.4. The topological polar surface area (TPSA) is 46.8 Å². The van der Waals surface area contributed by atoms with Crippen molar-refractivity contribution >= 4 is 16.9 Å². The van der Waals surface area contributed by atoms with Gasteiger partial charge in [-0.25, -0.2) is 4.98 Å². The van der Waals surface area contributed by atoms with E-state index in [0.717, 1.165) is 35.8 Å². The van der Waals surface area contributed by atoms with E-state index in [-0.39, 0.29) is 0 Å². The van der Waals surface area contributed by atoms with Gasteiger partial charge in [-0.1, -0.05) is 84.1 Å². The summed E-state index contributed by atoms with van der Waals surface area (Å²) in [5.41, 5.74) is 4.29. The van der Waals surface area contributed by atoms with Crippen LogP contribution >= 0.6 is 0 Å². The summed E-state index contributed by atoms with van der Waals surface area (Å²) in [7, 11) is 0. The van der Waals surface area contributed by atoms with Crippen molar-refractivity contribution in [3.05, 3.63) is 114 Å². The highest BCUT2D eigenvalue weighted by molar-refractivity contribution is 5.75. The summed E-state index contributed by atoms with van der Waals surface area (Å²) in [6.45, 7) is 1.54. The quantitative estimate of drug-likeness (QED) is 0.408. The molecule has 0 N–H and O–H groups in total. The van der Waals surface area contributed by atoms with Gasteiger partial charge in [-0.15, -0.1) is 5.10 Å². The monoisotopic (exact) mass is 391 g/mol. The summed E-state index contributed by atoms with van der Waals surface area (Å²) in [5, 5.41) is 8.58. The number of aromatic nitrogens is 4. The Morgan fingerprint density at radius 2 is 1.27 bits per heavy atom. The average Bonchev–Trinajstić information content (AvgIpc) is 3.24. The highest BCUT2D eigenvalue weighted by Crippen LogP contribution is 2.21. The maximum absolute atomic E-state index is 4.94. The molecule has 0 aliphatic carbocycles. The van der Waals surface area contributed by atoms with Gasteiger partial charge in [0.1, 0.15) is 11.3 Å². The maximum Gasteiger partial charge on any atom is 0.158 e. The first kappa shape index (κ1) is 18.1. The predicted molar refractivity (Wildman–Crippen MR) is 119 cm³/mol. The second kappa shape index (κ2) is 8.17. The maximum atomic E-state index is 4.94. The fourth-order valence-corrected chi connectivity index (χ4v) is 3.57. The summed E-state index contributed by atoms with van der Waals surface area (Å²) < 4.78 is 1.79. The van der Waals surface area contributed by atoms with Gasteiger partial charge in [0.05, 0.1) is 5.52 Å². The standard InChI is InChI=1S/C25H21N5/c1-3-10-20(11-4-1)18-29(19-21-12-5-2-6-13-21)24-16-9-17-25(26-24)30-23-15-8-7-14-22(23)27-28-30/h1-17H,18-19H2. The normalized spacial score (nSPS) is 10.9. The number of nitrogens with zero attached hydrogens (tertiary/aromatic N) is 5. The largest absolute Gasteiger partial charge is 0.348 e. The second-order valence-electron chi connectivity index (χ2n) is 7.17. The van der Waals surface area contributed by atoms with E-state index in [1.54, 1.807) is 4.68 Å². The van der Waals surface area contributed by atoms with Gasteiger partial charge >= 0.3 is 0 Å². The Hall–Kier alpha value is -3.99. The average molecular weight is 391 g/mol. The van der Waals surface area contributed by atoms with Crippen LogP contribution in [0.3, 0.4) is 0 Å². The van der Waals surface area contributed by atoms with Crippen LogP contribution in [0.5, 0.6) is 0 Å². The minimum atomic E-state index is 0.757. The number of rotatable bonds is 6. The SMILES string of the molecule is c1ccc(CN(Cc2ccccc2)c2cccc(-n3nnc4ccccc43)n2)cc1. The van der Waals surface area contributed by atoms with Gasteiger partial charge in [0.25, 0.3) is 0 Å². The Kier molecular flexibility index (Phi) is 4.92. The number of pyridine rings is 1. The van der Waals surface area contributed by atoms with E-state index >= 15 is 0 Å². The van der Waals surface area contributed by atoms with E-state index in [4.69, 9.17) is 4.98 Å². The van der Waals surface area contributed by atoms with Crippen LogP contribution in [0.15, 0.2) is 103 Å². The van der Waals surface area contributed by atoms with E-state index in [9.17, 15) is 0 Å². The lowest BCUT2D eigenvalue weighted by Crippen LogP contribution is -2.23. The van der Waals surface area contributed by atoms with E-state index in [0.29, 0.717) is 0 Å². The molecule has 0 saturated heterocycles. The molecule has 5 rings (SSSR count). The summed E-state index contributed by atoms with van der Waals surface area (Å²) in [5.74, 6) is 1.66. The molecule has 0 saturated carbocycles. The fourth-order valence-electron chi connectivity index (χ4n) is 3.57. The van der Waals surface area contributed by atoms with Crippen LogP contribution in [-0.2, 0) is 13.1 Å². The number of para-hydroxylation sites is 1. The van der Waals surface area contributed by atoms with Crippen molar-refractivity contribution in [2.75, 3.05) is 4.90 Å². The number of benzene rings is 3. The molecule has 2 heterocycles. The molecular weight excluding hydrogens is 370 g/mol. The third-order valence-electron chi connectivity index (χ3n) is 5.05. The van der Waals surface area contributed by atoms with Crippen LogP contribution in [0.2, 0.25) is 0 Å². The van der Waals surface area contributed by atoms with Crippen LogP contribution in [0.4, 0.5) is 5.82 Å². The molecular formula is C25H21N5. The number of hydrogen-bond donors (Lipinski definition) is 0. The predicted octanol–water partition coefficient (Wildman–Crippen LogP) is 5.02. The first-order valence-electron chi connectivity index (χ1n) is 9.97. The zero-order valence-electron chi connectivity index (χ0n) is 16.5. The number of fused-ring (bicyclic) bond motifs is 1. The van der Waals surface area contributed by atoms with E-state index < -0.39 is 0 Å². The first-order chi connectivity index (χ1) is 14.9. The third kappa shape index (κ3) is 3.78. The Balaban J connectivity index is 1.53. The molecule has 0 atom stereocenters. The van der Waals surface area contributed by atoms with Crippen LogP contribution in [0, 0.1) is 0 Å². The summed E-state index contributed by atoms with van der Waals surface area (Å²) in [6.07, 6.45) is 0. The molecule has 5 nitrogen and oxygen atoms in total. The minimum absolute atomic E-state index is 0.757. The van der Waals surface area contributed by atoms with Gasteiger partial charge < -0.3 is 4.90 Å². The lowest BCUT2D eigenvalue weighted by molar-refractivity contribution is 0.762.